The molecule has 1 aromatic carbocycles. The van der Waals surface area contributed by atoms with E-state index in [2.05, 4.69) is 51.0 Å². The predicted molar refractivity (Wildman–Crippen MR) is 116 cm³/mol. The summed E-state index contributed by atoms with van der Waals surface area (Å²) in [5.74, 6) is 0.0814. The standard InChI is InChI=1S/C22H37NO3Si/c1-9-16-22(25,27(7,8)18-14-12-11-13-15-18)19(17(3)10-2)23-20(24)26-21(4,5)6/h9,11-15,17,19,25H,1,10,16H2,2-8H3,(H,23,24)/t17-,19-,22+/m0/s1. The first-order valence-corrected chi connectivity index (χ1v) is 12.8. The van der Waals surface area contributed by atoms with E-state index in [0.717, 1.165) is 11.6 Å². The molecule has 0 fully saturated rings. The summed E-state index contributed by atoms with van der Waals surface area (Å²) in [6.45, 7) is 17.8. The van der Waals surface area contributed by atoms with E-state index in [9.17, 15) is 9.90 Å². The molecule has 1 amide bonds. The summed E-state index contributed by atoms with van der Waals surface area (Å²) in [4.78, 5) is 12.5. The predicted octanol–water partition coefficient (Wildman–Crippen LogP) is 4.39. The Hall–Kier alpha value is -1.59. The van der Waals surface area contributed by atoms with Crippen LogP contribution in [0.4, 0.5) is 4.79 Å². The van der Waals surface area contributed by atoms with Crippen molar-refractivity contribution in [3.63, 3.8) is 0 Å². The van der Waals surface area contributed by atoms with Crippen molar-refractivity contribution >= 4 is 19.4 Å². The first-order chi connectivity index (χ1) is 12.4. The van der Waals surface area contributed by atoms with Crippen LogP contribution in [-0.2, 0) is 4.74 Å². The minimum atomic E-state index is -2.41. The minimum absolute atomic E-state index is 0.0814. The highest BCUT2D eigenvalue weighted by Crippen LogP contribution is 2.33. The first-order valence-electron chi connectivity index (χ1n) is 9.77. The molecule has 5 heteroatoms. The van der Waals surface area contributed by atoms with Gasteiger partial charge in [-0.05, 0) is 33.1 Å². The van der Waals surface area contributed by atoms with Crippen molar-refractivity contribution in [2.75, 3.05) is 0 Å². The van der Waals surface area contributed by atoms with E-state index in [1.165, 1.54) is 0 Å². The van der Waals surface area contributed by atoms with Gasteiger partial charge in [-0.3, -0.25) is 0 Å². The van der Waals surface area contributed by atoms with Crippen LogP contribution in [0.15, 0.2) is 43.0 Å². The molecule has 2 N–H and O–H groups in total. The Bertz CT molecular complexity index is 624. The number of hydrogen-bond acceptors (Lipinski definition) is 3. The molecule has 1 rings (SSSR count). The second-order valence-electron chi connectivity index (χ2n) is 8.92. The number of rotatable bonds is 8. The fraction of sp³-hybridized carbons (Fsp3) is 0.591. The number of nitrogens with one attached hydrogen (secondary N) is 1. The van der Waals surface area contributed by atoms with E-state index >= 15 is 0 Å². The summed E-state index contributed by atoms with van der Waals surface area (Å²) >= 11 is 0. The van der Waals surface area contributed by atoms with Crippen LogP contribution in [0.2, 0.25) is 13.1 Å². The molecule has 0 saturated carbocycles. The second kappa shape index (κ2) is 9.07. The molecule has 0 heterocycles. The quantitative estimate of drug-likeness (QED) is 0.510. The maximum Gasteiger partial charge on any atom is 0.407 e. The molecule has 0 bridgehead atoms. The fourth-order valence-corrected chi connectivity index (χ4v) is 6.81. The van der Waals surface area contributed by atoms with Gasteiger partial charge in [0.05, 0.1) is 11.3 Å². The van der Waals surface area contributed by atoms with E-state index in [-0.39, 0.29) is 5.92 Å². The highest BCUT2D eigenvalue weighted by Gasteiger charge is 2.53. The van der Waals surface area contributed by atoms with Crippen LogP contribution in [0.5, 0.6) is 0 Å². The SMILES string of the molecule is C=CC[C@](O)([C@@H](NC(=O)OC(C)(C)C)[C@@H](C)CC)[Si](C)(C)c1ccccc1. The van der Waals surface area contributed by atoms with Gasteiger partial charge in [0.1, 0.15) is 13.7 Å². The first kappa shape index (κ1) is 23.4. The number of alkyl carbamates (subject to hydrolysis) is 1. The zero-order valence-electron chi connectivity index (χ0n) is 18.0. The van der Waals surface area contributed by atoms with Crippen LogP contribution in [0.25, 0.3) is 0 Å². The second-order valence-corrected chi connectivity index (χ2v) is 13.6. The number of amides is 1. The lowest BCUT2D eigenvalue weighted by Crippen LogP contribution is -2.72. The van der Waals surface area contributed by atoms with Crippen molar-refractivity contribution < 1.29 is 14.6 Å². The number of aliphatic hydroxyl groups is 1. The van der Waals surface area contributed by atoms with Gasteiger partial charge in [0.25, 0.3) is 0 Å². The molecule has 4 nitrogen and oxygen atoms in total. The van der Waals surface area contributed by atoms with Crippen molar-refractivity contribution in [1.82, 2.24) is 5.32 Å². The number of ether oxygens (including phenoxy) is 1. The molecule has 27 heavy (non-hydrogen) atoms. The Morgan fingerprint density at radius 3 is 2.30 bits per heavy atom. The van der Waals surface area contributed by atoms with Crippen LogP contribution in [-0.4, -0.2) is 36.1 Å². The number of hydrogen-bond donors (Lipinski definition) is 2. The van der Waals surface area contributed by atoms with Crippen LogP contribution in [0.1, 0.15) is 47.5 Å². The van der Waals surface area contributed by atoms with Gasteiger partial charge in [-0.1, -0.05) is 75.0 Å². The molecule has 0 spiro atoms. The van der Waals surface area contributed by atoms with Crippen molar-refractivity contribution in [1.29, 1.82) is 0 Å². The van der Waals surface area contributed by atoms with E-state index in [1.54, 1.807) is 6.08 Å². The van der Waals surface area contributed by atoms with Gasteiger partial charge in [-0.15, -0.1) is 6.58 Å². The zero-order valence-corrected chi connectivity index (χ0v) is 19.0. The number of carbonyl (C=O) groups is 1. The highest BCUT2D eigenvalue weighted by molar-refractivity contribution is 6.92. The fourth-order valence-electron chi connectivity index (χ4n) is 3.50. The lowest BCUT2D eigenvalue weighted by molar-refractivity contribution is 0.0220. The van der Waals surface area contributed by atoms with Crippen LogP contribution in [0, 0.1) is 5.92 Å². The van der Waals surface area contributed by atoms with Crippen LogP contribution in [0.3, 0.4) is 0 Å². The maximum atomic E-state index is 12.5. The Morgan fingerprint density at radius 1 is 1.30 bits per heavy atom. The van der Waals surface area contributed by atoms with Crippen LogP contribution < -0.4 is 10.5 Å². The molecule has 0 aromatic heterocycles. The lowest BCUT2D eigenvalue weighted by Gasteiger charge is -2.48. The Balaban J connectivity index is 3.37. The summed E-state index contributed by atoms with van der Waals surface area (Å²) in [7, 11) is -2.41. The van der Waals surface area contributed by atoms with E-state index in [0.29, 0.717) is 6.42 Å². The highest BCUT2D eigenvalue weighted by atomic mass is 28.3. The molecule has 0 radical (unpaired) electrons. The van der Waals surface area contributed by atoms with Crippen molar-refractivity contribution in [2.45, 2.75) is 77.4 Å². The third-order valence-electron chi connectivity index (χ3n) is 5.43. The molecule has 0 aliphatic rings. The van der Waals surface area contributed by atoms with E-state index in [4.69, 9.17) is 4.74 Å². The molecule has 152 valence electrons. The molecule has 0 aliphatic carbocycles. The zero-order chi connectivity index (χ0) is 20.9. The normalized spacial score (nSPS) is 16.7. The number of carbonyl (C=O) groups excluding carboxylic acids is 1. The minimum Gasteiger partial charge on any atom is -0.444 e. The lowest BCUT2D eigenvalue weighted by atomic mass is 9.92. The van der Waals surface area contributed by atoms with Gasteiger partial charge in [0.15, 0.2) is 0 Å². The van der Waals surface area contributed by atoms with Crippen molar-refractivity contribution in [3.8, 4) is 0 Å². The molecule has 1 aromatic rings. The maximum absolute atomic E-state index is 12.5. The molecule has 3 atom stereocenters. The van der Waals surface area contributed by atoms with Gasteiger partial charge in [-0.25, -0.2) is 4.79 Å². The summed E-state index contributed by atoms with van der Waals surface area (Å²) in [5, 5.41) is 15.1. The van der Waals surface area contributed by atoms with Gasteiger partial charge >= 0.3 is 6.09 Å². The van der Waals surface area contributed by atoms with Crippen molar-refractivity contribution in [2.24, 2.45) is 5.92 Å². The smallest absolute Gasteiger partial charge is 0.407 e. The van der Waals surface area contributed by atoms with E-state index < -0.39 is 31.0 Å². The Morgan fingerprint density at radius 2 is 1.85 bits per heavy atom. The average molecular weight is 392 g/mol. The average Bonchev–Trinajstić information content (AvgIpc) is 2.58. The molecular weight excluding hydrogens is 354 g/mol. The van der Waals surface area contributed by atoms with Gasteiger partial charge in [0.2, 0.25) is 0 Å². The van der Waals surface area contributed by atoms with Crippen molar-refractivity contribution in [3.05, 3.63) is 43.0 Å². The topological polar surface area (TPSA) is 58.6 Å². The Kier molecular flexibility index (Phi) is 7.87. The van der Waals surface area contributed by atoms with Gasteiger partial charge < -0.3 is 15.2 Å². The number of benzene rings is 1. The Labute approximate surface area is 166 Å². The molecule has 0 aliphatic heterocycles. The monoisotopic (exact) mass is 391 g/mol. The largest absolute Gasteiger partial charge is 0.444 e. The van der Waals surface area contributed by atoms with Gasteiger partial charge in [-0.2, -0.15) is 0 Å². The summed E-state index contributed by atoms with van der Waals surface area (Å²) in [6.07, 6.45) is 2.50. The van der Waals surface area contributed by atoms with E-state index in [1.807, 2.05) is 39.0 Å². The third kappa shape index (κ3) is 5.69. The van der Waals surface area contributed by atoms with Crippen LogP contribution >= 0.6 is 0 Å². The molecule has 0 saturated heterocycles. The third-order valence-corrected chi connectivity index (χ3v) is 9.89. The summed E-state index contributed by atoms with van der Waals surface area (Å²) < 4.78 is 5.48. The summed E-state index contributed by atoms with van der Waals surface area (Å²) in [6, 6.07) is 9.68. The van der Waals surface area contributed by atoms with Gasteiger partial charge in [0, 0.05) is 0 Å². The molecular formula is C22H37NO3Si. The molecule has 0 unspecified atom stereocenters. The summed E-state index contributed by atoms with van der Waals surface area (Å²) in [5.41, 5.74) is -0.590.